The van der Waals surface area contributed by atoms with E-state index in [0.717, 1.165) is 13.0 Å². The average molecular weight is 285 g/mol. The van der Waals surface area contributed by atoms with Gasteiger partial charge in [0.25, 0.3) is 0 Å². The number of hydrogen-bond acceptors (Lipinski definition) is 3. The fourth-order valence-electron chi connectivity index (χ4n) is 2.91. The Morgan fingerprint density at radius 2 is 2.05 bits per heavy atom. The number of para-hydroxylation sites is 1. The Labute approximate surface area is 126 Å². The van der Waals surface area contributed by atoms with Gasteiger partial charge in [-0.2, -0.15) is 5.10 Å². The van der Waals surface area contributed by atoms with E-state index >= 15 is 0 Å². The van der Waals surface area contributed by atoms with Crippen molar-refractivity contribution in [1.82, 2.24) is 9.78 Å². The molecule has 0 saturated carbocycles. The van der Waals surface area contributed by atoms with E-state index in [0.29, 0.717) is 0 Å². The zero-order valence-corrected chi connectivity index (χ0v) is 13.0. The largest absolute Gasteiger partial charge is 0.394 e. The summed E-state index contributed by atoms with van der Waals surface area (Å²) in [5, 5.41) is 14.1. The average Bonchev–Trinajstić information content (AvgIpc) is 3.04. The lowest BCUT2D eigenvalue weighted by Crippen LogP contribution is -2.34. The van der Waals surface area contributed by atoms with Crippen LogP contribution in [0.2, 0.25) is 0 Å². The predicted molar refractivity (Wildman–Crippen MR) is 84.4 cm³/mol. The van der Waals surface area contributed by atoms with Crippen molar-refractivity contribution in [2.75, 3.05) is 11.5 Å². The fourth-order valence-corrected chi connectivity index (χ4v) is 2.91. The smallest absolute Gasteiger partial charge is 0.0638 e. The predicted octanol–water partition coefficient (Wildman–Crippen LogP) is 2.56. The summed E-state index contributed by atoms with van der Waals surface area (Å²) in [5.74, 6) is 0. The van der Waals surface area contributed by atoms with Gasteiger partial charge in [0.05, 0.1) is 24.4 Å². The highest BCUT2D eigenvalue weighted by atomic mass is 16.3. The molecule has 1 aliphatic rings. The van der Waals surface area contributed by atoms with Gasteiger partial charge in [-0.15, -0.1) is 0 Å². The molecule has 0 fully saturated rings. The van der Waals surface area contributed by atoms with Crippen molar-refractivity contribution >= 4 is 5.69 Å². The van der Waals surface area contributed by atoms with Gasteiger partial charge in [0.2, 0.25) is 0 Å². The molecule has 4 heteroatoms. The van der Waals surface area contributed by atoms with Gasteiger partial charge in [-0.3, -0.25) is 4.68 Å². The molecule has 3 rings (SSSR count). The second-order valence-corrected chi connectivity index (χ2v) is 6.76. The summed E-state index contributed by atoms with van der Waals surface area (Å²) in [7, 11) is 0. The number of anilines is 1. The standard InChI is InChI=1S/C17H23N3O/c1-17(2,3)20-11-13(9-18-20)10-19-15(12-21)8-14-6-4-5-7-16(14)19/h4-7,9,11,15,21H,8,10,12H2,1-3H3. The highest BCUT2D eigenvalue weighted by Gasteiger charge is 2.28. The second kappa shape index (κ2) is 5.19. The van der Waals surface area contributed by atoms with Gasteiger partial charge < -0.3 is 10.0 Å². The number of fused-ring (bicyclic) bond motifs is 1. The Morgan fingerprint density at radius 1 is 1.29 bits per heavy atom. The van der Waals surface area contributed by atoms with Gasteiger partial charge >= 0.3 is 0 Å². The molecule has 1 unspecified atom stereocenters. The first-order valence-corrected chi connectivity index (χ1v) is 7.48. The van der Waals surface area contributed by atoms with Crippen molar-refractivity contribution in [1.29, 1.82) is 0 Å². The molecule has 2 heterocycles. The van der Waals surface area contributed by atoms with Crippen molar-refractivity contribution in [3.8, 4) is 0 Å². The van der Waals surface area contributed by atoms with E-state index in [2.05, 4.69) is 61.2 Å². The van der Waals surface area contributed by atoms with Crippen molar-refractivity contribution < 1.29 is 5.11 Å². The van der Waals surface area contributed by atoms with Crippen LogP contribution in [0.15, 0.2) is 36.7 Å². The molecule has 1 aliphatic heterocycles. The van der Waals surface area contributed by atoms with Crippen LogP contribution in [-0.2, 0) is 18.5 Å². The molecule has 0 radical (unpaired) electrons. The van der Waals surface area contributed by atoms with E-state index in [4.69, 9.17) is 0 Å². The first-order chi connectivity index (χ1) is 9.99. The van der Waals surface area contributed by atoms with E-state index < -0.39 is 0 Å². The summed E-state index contributed by atoms with van der Waals surface area (Å²) in [5.41, 5.74) is 3.73. The maximum absolute atomic E-state index is 9.66. The molecule has 1 aromatic carbocycles. The van der Waals surface area contributed by atoms with Crippen LogP contribution in [0.1, 0.15) is 31.9 Å². The number of rotatable bonds is 3. The molecule has 112 valence electrons. The van der Waals surface area contributed by atoms with Crippen LogP contribution in [0.4, 0.5) is 5.69 Å². The van der Waals surface area contributed by atoms with Crippen LogP contribution < -0.4 is 4.90 Å². The van der Waals surface area contributed by atoms with Crippen LogP contribution >= 0.6 is 0 Å². The maximum Gasteiger partial charge on any atom is 0.0638 e. The number of aliphatic hydroxyl groups is 1. The minimum atomic E-state index is -0.00243. The van der Waals surface area contributed by atoms with Crippen molar-refractivity contribution in [3.05, 3.63) is 47.8 Å². The Bertz CT molecular complexity index is 627. The highest BCUT2D eigenvalue weighted by molar-refractivity contribution is 5.59. The summed E-state index contributed by atoms with van der Waals surface area (Å²) < 4.78 is 2.00. The lowest BCUT2D eigenvalue weighted by molar-refractivity contribution is 0.262. The minimum Gasteiger partial charge on any atom is -0.394 e. The zero-order valence-electron chi connectivity index (χ0n) is 13.0. The summed E-state index contributed by atoms with van der Waals surface area (Å²) in [6.45, 7) is 7.41. The summed E-state index contributed by atoms with van der Waals surface area (Å²) in [6.07, 6.45) is 4.95. The number of nitrogens with zero attached hydrogens (tertiary/aromatic N) is 3. The number of benzene rings is 1. The van der Waals surface area contributed by atoms with Gasteiger partial charge in [-0.1, -0.05) is 18.2 Å². The first-order valence-electron chi connectivity index (χ1n) is 7.48. The van der Waals surface area contributed by atoms with Crippen molar-refractivity contribution in [3.63, 3.8) is 0 Å². The van der Waals surface area contributed by atoms with E-state index in [-0.39, 0.29) is 18.2 Å². The molecule has 0 aliphatic carbocycles. The van der Waals surface area contributed by atoms with E-state index in [1.165, 1.54) is 16.8 Å². The summed E-state index contributed by atoms with van der Waals surface area (Å²) in [6, 6.07) is 8.58. The Kier molecular flexibility index (Phi) is 3.49. The molecular weight excluding hydrogens is 262 g/mol. The molecule has 4 nitrogen and oxygen atoms in total. The SMILES string of the molecule is CC(C)(C)n1cc(CN2c3ccccc3CC2CO)cn1. The topological polar surface area (TPSA) is 41.3 Å². The van der Waals surface area contributed by atoms with Crippen LogP contribution in [-0.4, -0.2) is 27.5 Å². The van der Waals surface area contributed by atoms with E-state index in [1.54, 1.807) is 0 Å². The highest BCUT2D eigenvalue weighted by Crippen LogP contribution is 2.33. The lowest BCUT2D eigenvalue weighted by atomic mass is 10.1. The Balaban J connectivity index is 1.85. The maximum atomic E-state index is 9.66. The van der Waals surface area contributed by atoms with Gasteiger partial charge in [0.1, 0.15) is 0 Å². The van der Waals surface area contributed by atoms with Crippen LogP contribution in [0, 0.1) is 0 Å². The summed E-state index contributed by atoms with van der Waals surface area (Å²) >= 11 is 0. The molecule has 0 amide bonds. The molecule has 2 aromatic rings. The number of aliphatic hydroxyl groups excluding tert-OH is 1. The third-order valence-electron chi connectivity index (χ3n) is 4.08. The molecule has 21 heavy (non-hydrogen) atoms. The number of hydrogen-bond donors (Lipinski definition) is 1. The van der Waals surface area contributed by atoms with Gasteiger partial charge in [0.15, 0.2) is 0 Å². The quantitative estimate of drug-likeness (QED) is 0.942. The third-order valence-corrected chi connectivity index (χ3v) is 4.08. The first kappa shape index (κ1) is 14.1. The van der Waals surface area contributed by atoms with Crippen molar-refractivity contribution in [2.24, 2.45) is 0 Å². The molecular formula is C17H23N3O. The molecule has 0 bridgehead atoms. The molecule has 1 aromatic heterocycles. The van der Waals surface area contributed by atoms with Crippen molar-refractivity contribution in [2.45, 2.75) is 45.3 Å². The van der Waals surface area contributed by atoms with Crippen LogP contribution in [0.5, 0.6) is 0 Å². The third kappa shape index (κ3) is 2.68. The second-order valence-electron chi connectivity index (χ2n) is 6.76. The molecule has 0 saturated heterocycles. The van der Waals surface area contributed by atoms with Gasteiger partial charge in [-0.25, -0.2) is 0 Å². The Morgan fingerprint density at radius 3 is 2.71 bits per heavy atom. The molecule has 0 spiro atoms. The van der Waals surface area contributed by atoms with Gasteiger partial charge in [-0.05, 0) is 38.8 Å². The van der Waals surface area contributed by atoms with E-state index in [1.807, 2.05) is 10.9 Å². The monoisotopic (exact) mass is 285 g/mol. The molecule has 1 N–H and O–H groups in total. The molecule has 1 atom stereocenters. The zero-order chi connectivity index (χ0) is 15.0. The normalized spacial score (nSPS) is 18.1. The van der Waals surface area contributed by atoms with Crippen LogP contribution in [0.3, 0.4) is 0 Å². The van der Waals surface area contributed by atoms with Crippen LogP contribution in [0.25, 0.3) is 0 Å². The fraction of sp³-hybridized carbons (Fsp3) is 0.471. The number of aromatic nitrogens is 2. The lowest BCUT2D eigenvalue weighted by Gasteiger charge is -2.25. The van der Waals surface area contributed by atoms with Gasteiger partial charge in [0, 0.05) is 24.0 Å². The Hall–Kier alpha value is -1.81. The minimum absolute atomic E-state index is 0.00243. The summed E-state index contributed by atoms with van der Waals surface area (Å²) in [4.78, 5) is 2.29. The van der Waals surface area contributed by atoms with E-state index in [9.17, 15) is 5.11 Å².